The summed E-state index contributed by atoms with van der Waals surface area (Å²) in [4.78, 5) is 1.89. The first-order chi connectivity index (χ1) is 6.50. The normalized spacial score (nSPS) is 13.1. The maximum atomic E-state index is 13.2. The second-order valence-corrected chi connectivity index (χ2v) is 4.39. The topological polar surface area (TPSA) is 44.2 Å². The molecule has 0 fully saturated rings. The fourth-order valence-electron chi connectivity index (χ4n) is 1.18. The van der Waals surface area contributed by atoms with Gasteiger partial charge in [0.25, 0.3) is 0 Å². The molecule has 1 aromatic rings. The van der Waals surface area contributed by atoms with Gasteiger partial charge in [-0.3, -0.25) is 4.78 Å². The van der Waals surface area contributed by atoms with Gasteiger partial charge in [-0.05, 0) is 31.8 Å². The van der Waals surface area contributed by atoms with Crippen molar-refractivity contribution < 1.29 is 8.60 Å². The van der Waals surface area contributed by atoms with E-state index < -0.39 is 16.4 Å². The van der Waals surface area contributed by atoms with E-state index in [1.165, 1.54) is 12.1 Å². The molecule has 0 saturated heterocycles. The Hall–Kier alpha value is -0.940. The van der Waals surface area contributed by atoms with Crippen LogP contribution in [0.25, 0.3) is 0 Å². The average Bonchev–Trinajstić information content (AvgIpc) is 2.01. The summed E-state index contributed by atoms with van der Waals surface area (Å²) < 4.78 is 30.9. The van der Waals surface area contributed by atoms with Gasteiger partial charge in [0.05, 0.1) is 15.5 Å². The smallest absolute Gasteiger partial charge is 0.140 e. The Bertz CT molecular complexity index is 394. The maximum Gasteiger partial charge on any atom is 0.140 e. The molecule has 1 atom stereocenters. The fourth-order valence-corrected chi connectivity index (χ4v) is 1.65. The molecule has 0 saturated carbocycles. The van der Waals surface area contributed by atoms with Crippen LogP contribution in [-0.4, -0.2) is 23.2 Å². The van der Waals surface area contributed by atoms with Crippen molar-refractivity contribution in [3.63, 3.8) is 0 Å². The van der Waals surface area contributed by atoms with E-state index in [1.54, 1.807) is 6.07 Å². The molecule has 3 nitrogen and oxygen atoms in total. The Morgan fingerprint density at radius 3 is 2.57 bits per heavy atom. The third kappa shape index (κ3) is 2.78. The van der Waals surface area contributed by atoms with E-state index in [2.05, 4.69) is 0 Å². The minimum Gasteiger partial charge on any atom is -0.305 e. The first-order valence-corrected chi connectivity index (χ1v) is 5.38. The van der Waals surface area contributed by atoms with Gasteiger partial charge in [0, 0.05) is 6.54 Å². The van der Waals surface area contributed by atoms with E-state index in [1.807, 2.05) is 19.0 Å². The fraction of sp³-hybridized carbons (Fsp3) is 0.333. The summed E-state index contributed by atoms with van der Waals surface area (Å²) in [5.41, 5.74) is 0.813. The Labute approximate surface area is 84.6 Å². The number of thiol groups is 1. The molecule has 14 heavy (non-hydrogen) atoms. The molecule has 0 heterocycles. The molecule has 1 unspecified atom stereocenters. The lowest BCUT2D eigenvalue weighted by molar-refractivity contribution is 0.401. The first kappa shape index (κ1) is 11.1. The second-order valence-electron chi connectivity index (χ2n) is 3.32. The minimum absolute atomic E-state index is 0.0255. The quantitative estimate of drug-likeness (QED) is 0.752. The van der Waals surface area contributed by atoms with Crippen molar-refractivity contribution in [2.24, 2.45) is 0 Å². The van der Waals surface area contributed by atoms with Crippen molar-refractivity contribution in [1.82, 2.24) is 4.90 Å². The number of benzene rings is 1. The highest BCUT2D eigenvalue weighted by Crippen LogP contribution is 2.12. The molecular formula is C9H13FN2OS. The van der Waals surface area contributed by atoms with E-state index in [0.29, 0.717) is 6.54 Å². The molecule has 5 heteroatoms. The van der Waals surface area contributed by atoms with Gasteiger partial charge in [-0.2, -0.15) is 0 Å². The molecule has 78 valence electrons. The Morgan fingerprint density at radius 1 is 1.50 bits per heavy atom. The standard InChI is InChI=1S/C9H13FN2OS/c1-12(2)6-7-3-4-9(14(11)13)8(10)5-7/h3-5,11,14H,6H2,1-2H3. The van der Waals surface area contributed by atoms with E-state index in [9.17, 15) is 8.60 Å². The van der Waals surface area contributed by atoms with Crippen LogP contribution in [0.3, 0.4) is 0 Å². The third-order valence-electron chi connectivity index (χ3n) is 1.73. The SMILES string of the molecule is CN(C)Cc1ccc([SH](=N)=O)c(F)c1. The number of nitrogens with one attached hydrogen (secondary N) is 1. The lowest BCUT2D eigenvalue weighted by Gasteiger charge is -2.09. The average molecular weight is 216 g/mol. The van der Waals surface area contributed by atoms with Gasteiger partial charge < -0.3 is 4.90 Å². The summed E-state index contributed by atoms with van der Waals surface area (Å²) in [6, 6.07) is 4.44. The van der Waals surface area contributed by atoms with Crippen LogP contribution in [0.15, 0.2) is 23.1 Å². The van der Waals surface area contributed by atoms with Gasteiger partial charge in [-0.1, -0.05) is 6.07 Å². The molecule has 0 spiro atoms. The van der Waals surface area contributed by atoms with Gasteiger partial charge in [-0.25, -0.2) is 8.60 Å². The zero-order valence-corrected chi connectivity index (χ0v) is 9.01. The molecule has 0 aliphatic rings. The highest BCUT2D eigenvalue weighted by Gasteiger charge is 2.04. The number of nitrogens with zero attached hydrogens (tertiary/aromatic N) is 1. The van der Waals surface area contributed by atoms with Crippen LogP contribution >= 0.6 is 0 Å². The summed E-state index contributed by atoms with van der Waals surface area (Å²) in [6.07, 6.45) is 0. The van der Waals surface area contributed by atoms with Crippen molar-refractivity contribution in [2.75, 3.05) is 14.1 Å². The van der Waals surface area contributed by atoms with Crippen molar-refractivity contribution in [3.05, 3.63) is 29.6 Å². The number of halogens is 1. The molecular weight excluding hydrogens is 203 g/mol. The summed E-state index contributed by atoms with van der Waals surface area (Å²) in [6.45, 7) is 0.631. The lowest BCUT2D eigenvalue weighted by Crippen LogP contribution is -2.10. The van der Waals surface area contributed by atoms with E-state index >= 15 is 0 Å². The molecule has 0 bridgehead atoms. The minimum atomic E-state index is -2.34. The van der Waals surface area contributed by atoms with Gasteiger partial charge in [0.2, 0.25) is 0 Å². The largest absolute Gasteiger partial charge is 0.305 e. The van der Waals surface area contributed by atoms with Gasteiger partial charge in [0.1, 0.15) is 5.82 Å². The van der Waals surface area contributed by atoms with Crippen LogP contribution in [0.1, 0.15) is 5.56 Å². The van der Waals surface area contributed by atoms with Gasteiger partial charge in [0.15, 0.2) is 0 Å². The van der Waals surface area contributed by atoms with E-state index in [4.69, 9.17) is 4.78 Å². The van der Waals surface area contributed by atoms with Crippen LogP contribution in [0.2, 0.25) is 0 Å². The highest BCUT2D eigenvalue weighted by molar-refractivity contribution is 7.73. The van der Waals surface area contributed by atoms with E-state index in [0.717, 1.165) is 5.56 Å². The molecule has 1 rings (SSSR count). The lowest BCUT2D eigenvalue weighted by atomic mass is 10.2. The van der Waals surface area contributed by atoms with Crippen LogP contribution in [0, 0.1) is 10.6 Å². The third-order valence-corrected chi connectivity index (χ3v) is 2.53. The van der Waals surface area contributed by atoms with Crippen molar-refractivity contribution >= 4 is 10.6 Å². The molecule has 0 aromatic heterocycles. The van der Waals surface area contributed by atoms with Crippen LogP contribution < -0.4 is 0 Å². The zero-order valence-electron chi connectivity index (χ0n) is 8.12. The van der Waals surface area contributed by atoms with Crippen LogP contribution in [0.5, 0.6) is 0 Å². The van der Waals surface area contributed by atoms with Crippen molar-refractivity contribution in [2.45, 2.75) is 11.4 Å². The predicted octanol–water partition coefficient (Wildman–Crippen LogP) is 1.49. The summed E-state index contributed by atoms with van der Waals surface area (Å²) in [7, 11) is 1.43. The second kappa shape index (κ2) is 4.52. The molecule has 1 N–H and O–H groups in total. The molecule has 0 aliphatic carbocycles. The highest BCUT2D eigenvalue weighted by atomic mass is 32.2. The Morgan fingerprint density at radius 2 is 2.14 bits per heavy atom. The zero-order chi connectivity index (χ0) is 10.7. The van der Waals surface area contributed by atoms with Gasteiger partial charge >= 0.3 is 0 Å². The monoisotopic (exact) mass is 216 g/mol. The molecule has 0 radical (unpaired) electrons. The summed E-state index contributed by atoms with van der Waals surface area (Å²) >= 11 is 0. The van der Waals surface area contributed by atoms with Crippen LogP contribution in [-0.2, 0) is 17.1 Å². The first-order valence-electron chi connectivity index (χ1n) is 4.12. The number of rotatable bonds is 3. The Kier molecular flexibility index (Phi) is 3.60. The van der Waals surface area contributed by atoms with Crippen LogP contribution in [0.4, 0.5) is 4.39 Å². The van der Waals surface area contributed by atoms with E-state index in [-0.39, 0.29) is 4.90 Å². The Balaban J connectivity index is 3.00. The summed E-state index contributed by atoms with van der Waals surface area (Å²) in [5.74, 6) is -0.555. The number of hydrogen-bond donors (Lipinski definition) is 2. The van der Waals surface area contributed by atoms with Gasteiger partial charge in [-0.15, -0.1) is 0 Å². The molecule has 0 aliphatic heterocycles. The molecule has 0 amide bonds. The maximum absolute atomic E-state index is 13.2. The van der Waals surface area contributed by atoms with Crippen molar-refractivity contribution in [3.8, 4) is 0 Å². The van der Waals surface area contributed by atoms with Crippen molar-refractivity contribution in [1.29, 1.82) is 4.78 Å². The summed E-state index contributed by atoms with van der Waals surface area (Å²) in [5, 5.41) is 0. The predicted molar refractivity (Wildman–Crippen MR) is 54.3 cm³/mol. The molecule has 1 aromatic carbocycles. The number of hydrogen-bond acceptors (Lipinski definition) is 3.